The van der Waals surface area contributed by atoms with Crippen molar-refractivity contribution in [2.75, 3.05) is 19.5 Å². The number of carbonyl (C=O) groups excluding carboxylic acids is 1. The van der Waals surface area contributed by atoms with Gasteiger partial charge in [0.2, 0.25) is 0 Å². The van der Waals surface area contributed by atoms with Gasteiger partial charge in [-0.05, 0) is 24.3 Å². The van der Waals surface area contributed by atoms with E-state index in [2.05, 4.69) is 10.3 Å². The Kier molecular flexibility index (Phi) is 4.42. The Balaban J connectivity index is 2.24. The van der Waals surface area contributed by atoms with Gasteiger partial charge in [0.1, 0.15) is 17.3 Å². The summed E-state index contributed by atoms with van der Waals surface area (Å²) in [6.07, 6.45) is 1.52. The standard InChI is InChI=1S/C14H13ClN2O3/c1-19-11-5-9(6-12(8-11)20-2)14(18)17-13-7-10(15)3-4-16-13/h3-8H,1-2H3,(H,16,17,18). The van der Waals surface area contributed by atoms with E-state index in [0.29, 0.717) is 27.9 Å². The summed E-state index contributed by atoms with van der Waals surface area (Å²) >= 11 is 5.84. The summed E-state index contributed by atoms with van der Waals surface area (Å²) in [6, 6.07) is 8.11. The number of methoxy groups -OCH3 is 2. The van der Waals surface area contributed by atoms with E-state index in [1.54, 1.807) is 30.3 Å². The van der Waals surface area contributed by atoms with Gasteiger partial charge < -0.3 is 14.8 Å². The smallest absolute Gasteiger partial charge is 0.257 e. The number of hydrogen-bond acceptors (Lipinski definition) is 4. The fraction of sp³-hybridized carbons (Fsp3) is 0.143. The lowest BCUT2D eigenvalue weighted by atomic mass is 10.2. The molecule has 1 aromatic carbocycles. The largest absolute Gasteiger partial charge is 0.497 e. The van der Waals surface area contributed by atoms with Gasteiger partial charge in [0.15, 0.2) is 0 Å². The number of halogens is 1. The van der Waals surface area contributed by atoms with Crippen LogP contribution in [0.4, 0.5) is 5.82 Å². The number of aromatic nitrogens is 1. The van der Waals surface area contributed by atoms with E-state index in [-0.39, 0.29) is 5.91 Å². The van der Waals surface area contributed by atoms with Crippen LogP contribution in [-0.4, -0.2) is 25.1 Å². The minimum atomic E-state index is -0.322. The molecule has 0 atom stereocenters. The first kappa shape index (κ1) is 14.1. The molecule has 1 N–H and O–H groups in total. The van der Waals surface area contributed by atoms with Crippen molar-refractivity contribution in [1.29, 1.82) is 0 Å². The maximum Gasteiger partial charge on any atom is 0.257 e. The highest BCUT2D eigenvalue weighted by Crippen LogP contribution is 2.23. The molecular weight excluding hydrogens is 280 g/mol. The summed E-state index contributed by atoms with van der Waals surface area (Å²) in [5.41, 5.74) is 0.406. The zero-order chi connectivity index (χ0) is 14.5. The SMILES string of the molecule is COc1cc(OC)cc(C(=O)Nc2cc(Cl)ccn2)c1. The Morgan fingerprint density at radius 2 is 1.80 bits per heavy atom. The number of rotatable bonds is 4. The first-order valence-electron chi connectivity index (χ1n) is 5.78. The van der Waals surface area contributed by atoms with Crippen LogP contribution in [0.15, 0.2) is 36.5 Å². The Bertz CT molecular complexity index is 609. The number of nitrogens with zero attached hydrogens (tertiary/aromatic N) is 1. The molecule has 0 aliphatic carbocycles. The molecule has 0 aliphatic heterocycles. The molecule has 0 radical (unpaired) electrons. The van der Waals surface area contributed by atoms with E-state index in [4.69, 9.17) is 21.1 Å². The molecule has 104 valence electrons. The molecule has 1 aromatic heterocycles. The van der Waals surface area contributed by atoms with Crippen LogP contribution in [0.1, 0.15) is 10.4 Å². The topological polar surface area (TPSA) is 60.5 Å². The van der Waals surface area contributed by atoms with Crippen molar-refractivity contribution >= 4 is 23.3 Å². The number of nitrogens with one attached hydrogen (secondary N) is 1. The third kappa shape index (κ3) is 3.39. The normalized spacial score (nSPS) is 9.95. The summed E-state index contributed by atoms with van der Waals surface area (Å²) in [5.74, 6) is 1.13. The lowest BCUT2D eigenvalue weighted by Crippen LogP contribution is -2.13. The highest BCUT2D eigenvalue weighted by atomic mass is 35.5. The average molecular weight is 293 g/mol. The molecule has 0 saturated heterocycles. The third-order valence-corrected chi connectivity index (χ3v) is 2.81. The van der Waals surface area contributed by atoms with Crippen LogP contribution >= 0.6 is 11.6 Å². The van der Waals surface area contributed by atoms with E-state index in [1.165, 1.54) is 20.4 Å². The lowest BCUT2D eigenvalue weighted by molar-refractivity contribution is 0.102. The first-order chi connectivity index (χ1) is 9.62. The minimum Gasteiger partial charge on any atom is -0.497 e. The van der Waals surface area contributed by atoms with Crippen LogP contribution in [-0.2, 0) is 0 Å². The van der Waals surface area contributed by atoms with E-state index < -0.39 is 0 Å². The lowest BCUT2D eigenvalue weighted by Gasteiger charge is -2.09. The summed E-state index contributed by atoms with van der Waals surface area (Å²) in [5, 5.41) is 3.15. The van der Waals surface area contributed by atoms with Gasteiger partial charge >= 0.3 is 0 Å². The zero-order valence-corrected chi connectivity index (χ0v) is 11.8. The number of anilines is 1. The number of pyridine rings is 1. The van der Waals surface area contributed by atoms with Crippen molar-refractivity contribution in [2.45, 2.75) is 0 Å². The monoisotopic (exact) mass is 292 g/mol. The number of amides is 1. The predicted octanol–water partition coefficient (Wildman–Crippen LogP) is 3.00. The number of benzene rings is 1. The van der Waals surface area contributed by atoms with Gasteiger partial charge in [0.25, 0.3) is 5.91 Å². The van der Waals surface area contributed by atoms with Crippen molar-refractivity contribution in [1.82, 2.24) is 4.98 Å². The highest BCUT2D eigenvalue weighted by molar-refractivity contribution is 6.30. The second-order valence-electron chi connectivity index (χ2n) is 3.91. The Labute approximate surface area is 121 Å². The zero-order valence-electron chi connectivity index (χ0n) is 11.0. The van der Waals surface area contributed by atoms with Crippen LogP contribution < -0.4 is 14.8 Å². The third-order valence-electron chi connectivity index (χ3n) is 2.58. The molecule has 5 nitrogen and oxygen atoms in total. The molecule has 2 rings (SSSR count). The van der Waals surface area contributed by atoms with Crippen LogP contribution in [0.25, 0.3) is 0 Å². The maximum atomic E-state index is 12.2. The molecule has 0 spiro atoms. The summed E-state index contributed by atoms with van der Waals surface area (Å²) in [6.45, 7) is 0. The van der Waals surface area contributed by atoms with Gasteiger partial charge in [0, 0.05) is 22.8 Å². The second-order valence-corrected chi connectivity index (χ2v) is 4.35. The molecule has 6 heteroatoms. The quantitative estimate of drug-likeness (QED) is 0.941. The second kappa shape index (κ2) is 6.25. The summed E-state index contributed by atoms with van der Waals surface area (Å²) in [4.78, 5) is 16.2. The molecule has 0 bridgehead atoms. The van der Waals surface area contributed by atoms with Gasteiger partial charge in [-0.15, -0.1) is 0 Å². The highest BCUT2D eigenvalue weighted by Gasteiger charge is 2.10. The van der Waals surface area contributed by atoms with Crippen LogP contribution in [0, 0.1) is 0 Å². The van der Waals surface area contributed by atoms with Crippen molar-refractivity contribution in [3.63, 3.8) is 0 Å². The predicted molar refractivity (Wildman–Crippen MR) is 76.7 cm³/mol. The minimum absolute atomic E-state index is 0.322. The Hall–Kier alpha value is -2.27. The molecular formula is C14H13ClN2O3. The van der Waals surface area contributed by atoms with E-state index >= 15 is 0 Å². The Morgan fingerprint density at radius 1 is 1.15 bits per heavy atom. The fourth-order valence-electron chi connectivity index (χ4n) is 1.60. The fourth-order valence-corrected chi connectivity index (χ4v) is 1.76. The van der Waals surface area contributed by atoms with E-state index in [1.807, 2.05) is 0 Å². The van der Waals surface area contributed by atoms with Gasteiger partial charge in [-0.25, -0.2) is 4.98 Å². The maximum absolute atomic E-state index is 12.2. The molecule has 1 heterocycles. The average Bonchev–Trinajstić information content (AvgIpc) is 2.46. The summed E-state index contributed by atoms with van der Waals surface area (Å²) < 4.78 is 10.2. The van der Waals surface area contributed by atoms with Gasteiger partial charge in [-0.3, -0.25) is 4.79 Å². The van der Waals surface area contributed by atoms with Gasteiger partial charge in [0.05, 0.1) is 14.2 Å². The Morgan fingerprint density at radius 3 is 2.35 bits per heavy atom. The van der Waals surface area contributed by atoms with Crippen molar-refractivity contribution in [3.05, 3.63) is 47.1 Å². The van der Waals surface area contributed by atoms with Crippen molar-refractivity contribution in [3.8, 4) is 11.5 Å². The van der Waals surface area contributed by atoms with Crippen molar-refractivity contribution in [2.24, 2.45) is 0 Å². The molecule has 20 heavy (non-hydrogen) atoms. The molecule has 0 unspecified atom stereocenters. The molecule has 1 amide bonds. The number of hydrogen-bond donors (Lipinski definition) is 1. The van der Waals surface area contributed by atoms with Gasteiger partial charge in [-0.1, -0.05) is 11.6 Å². The van der Waals surface area contributed by atoms with Crippen LogP contribution in [0.2, 0.25) is 5.02 Å². The van der Waals surface area contributed by atoms with Crippen LogP contribution in [0.3, 0.4) is 0 Å². The molecule has 2 aromatic rings. The first-order valence-corrected chi connectivity index (χ1v) is 6.16. The van der Waals surface area contributed by atoms with Crippen LogP contribution in [0.5, 0.6) is 11.5 Å². The van der Waals surface area contributed by atoms with Gasteiger partial charge in [-0.2, -0.15) is 0 Å². The molecule has 0 aliphatic rings. The van der Waals surface area contributed by atoms with E-state index in [0.717, 1.165) is 0 Å². The number of carbonyl (C=O) groups is 1. The summed E-state index contributed by atoms with van der Waals surface area (Å²) in [7, 11) is 3.05. The van der Waals surface area contributed by atoms with Crippen molar-refractivity contribution < 1.29 is 14.3 Å². The van der Waals surface area contributed by atoms with E-state index in [9.17, 15) is 4.79 Å². The molecule has 0 fully saturated rings. The number of ether oxygens (including phenoxy) is 2. The molecule has 0 saturated carbocycles.